The van der Waals surface area contributed by atoms with Crippen LogP contribution in [-0.2, 0) is 11.3 Å². The Kier molecular flexibility index (Phi) is 7.31. The number of hydrogen-bond donors (Lipinski definition) is 2. The number of amides is 2. The lowest BCUT2D eigenvalue weighted by Crippen LogP contribution is -2.35. The number of rotatable bonds is 6. The first-order valence-corrected chi connectivity index (χ1v) is 11.1. The van der Waals surface area contributed by atoms with Gasteiger partial charge in [-0.3, -0.25) is 14.6 Å². The molecule has 166 valence electrons. The molecule has 0 aliphatic carbocycles. The highest BCUT2D eigenvalue weighted by molar-refractivity contribution is 6.02. The maximum absolute atomic E-state index is 13.1. The summed E-state index contributed by atoms with van der Waals surface area (Å²) in [6.07, 6.45) is 6.10. The first-order chi connectivity index (χ1) is 14.7. The van der Waals surface area contributed by atoms with Crippen molar-refractivity contribution in [1.82, 2.24) is 10.3 Å². The first-order valence-electron chi connectivity index (χ1n) is 11.1. The summed E-state index contributed by atoms with van der Waals surface area (Å²) in [5.74, 6) is 0.508. The number of benzene rings is 1. The molecule has 1 aromatic carbocycles. The second-order valence-electron chi connectivity index (χ2n) is 9.73. The third-order valence-electron chi connectivity index (χ3n) is 5.52. The van der Waals surface area contributed by atoms with Crippen LogP contribution in [-0.4, -0.2) is 29.9 Å². The third kappa shape index (κ3) is 6.81. The van der Waals surface area contributed by atoms with E-state index in [1.54, 1.807) is 18.5 Å². The number of aromatic nitrogens is 1. The van der Waals surface area contributed by atoms with Crippen LogP contribution in [0.15, 0.2) is 42.7 Å². The van der Waals surface area contributed by atoms with Crippen LogP contribution in [0, 0.1) is 11.3 Å². The number of piperidine rings is 1. The van der Waals surface area contributed by atoms with E-state index in [-0.39, 0.29) is 17.2 Å². The number of nitrogens with one attached hydrogen (secondary N) is 2. The molecule has 1 aliphatic rings. The maximum Gasteiger partial charge on any atom is 0.253 e. The van der Waals surface area contributed by atoms with E-state index in [0.29, 0.717) is 30.1 Å². The Hall–Kier alpha value is -2.89. The highest BCUT2D eigenvalue weighted by atomic mass is 16.2. The van der Waals surface area contributed by atoms with Gasteiger partial charge in [0.1, 0.15) is 0 Å². The van der Waals surface area contributed by atoms with Crippen molar-refractivity contribution in [3.8, 4) is 0 Å². The molecule has 6 heteroatoms. The molecule has 0 unspecified atom stereocenters. The lowest BCUT2D eigenvalue weighted by molar-refractivity contribution is -0.117. The van der Waals surface area contributed by atoms with E-state index in [1.165, 1.54) is 0 Å². The quantitative estimate of drug-likeness (QED) is 0.712. The van der Waals surface area contributed by atoms with Crippen molar-refractivity contribution < 1.29 is 9.59 Å². The zero-order chi connectivity index (χ0) is 22.4. The number of carbonyl (C=O) groups is 2. The summed E-state index contributed by atoms with van der Waals surface area (Å²) in [5.41, 5.74) is 3.00. The van der Waals surface area contributed by atoms with Crippen LogP contribution in [0.1, 0.15) is 62.9 Å². The van der Waals surface area contributed by atoms with Crippen LogP contribution in [0.25, 0.3) is 0 Å². The van der Waals surface area contributed by atoms with Crippen LogP contribution < -0.4 is 15.5 Å². The van der Waals surface area contributed by atoms with Gasteiger partial charge < -0.3 is 15.5 Å². The molecule has 0 saturated carbocycles. The Morgan fingerprint density at radius 2 is 1.90 bits per heavy atom. The van der Waals surface area contributed by atoms with Crippen molar-refractivity contribution in [2.45, 2.75) is 53.5 Å². The molecule has 6 nitrogen and oxygen atoms in total. The van der Waals surface area contributed by atoms with Gasteiger partial charge in [-0.1, -0.05) is 33.8 Å². The second kappa shape index (κ2) is 9.94. The summed E-state index contributed by atoms with van der Waals surface area (Å²) in [5, 5.41) is 5.96. The molecule has 31 heavy (non-hydrogen) atoms. The van der Waals surface area contributed by atoms with Crippen molar-refractivity contribution in [3.05, 3.63) is 53.9 Å². The lowest BCUT2D eigenvalue weighted by Gasteiger charge is -2.33. The summed E-state index contributed by atoms with van der Waals surface area (Å²) >= 11 is 0. The summed E-state index contributed by atoms with van der Waals surface area (Å²) in [4.78, 5) is 31.9. The first kappa shape index (κ1) is 22.8. The number of nitrogens with zero attached hydrogens (tertiary/aromatic N) is 2. The fourth-order valence-electron chi connectivity index (χ4n) is 3.79. The van der Waals surface area contributed by atoms with E-state index in [0.717, 1.165) is 37.2 Å². The molecule has 3 rings (SSSR count). The van der Waals surface area contributed by atoms with E-state index in [4.69, 9.17) is 0 Å². The van der Waals surface area contributed by atoms with E-state index in [2.05, 4.69) is 27.4 Å². The van der Waals surface area contributed by atoms with Crippen LogP contribution in [0.3, 0.4) is 0 Å². The number of carbonyl (C=O) groups excluding carboxylic acids is 2. The SMILES string of the molecule is CC1CCN(c2ccc(NC(=O)CC(C)(C)C)cc2C(=O)NCc2cccnc2)CC1. The normalized spacial score (nSPS) is 14.9. The summed E-state index contributed by atoms with van der Waals surface area (Å²) in [6.45, 7) is 10.6. The zero-order valence-electron chi connectivity index (χ0n) is 19.1. The zero-order valence-corrected chi connectivity index (χ0v) is 19.1. The molecule has 1 fully saturated rings. The molecule has 2 N–H and O–H groups in total. The van der Waals surface area contributed by atoms with E-state index < -0.39 is 0 Å². The van der Waals surface area contributed by atoms with Gasteiger partial charge in [-0.05, 0) is 54.0 Å². The van der Waals surface area contributed by atoms with Gasteiger partial charge in [0.15, 0.2) is 0 Å². The van der Waals surface area contributed by atoms with E-state index in [1.807, 2.05) is 45.0 Å². The van der Waals surface area contributed by atoms with Gasteiger partial charge in [-0.2, -0.15) is 0 Å². The largest absolute Gasteiger partial charge is 0.371 e. The minimum absolute atomic E-state index is 0.0474. The van der Waals surface area contributed by atoms with Crippen molar-refractivity contribution >= 4 is 23.2 Å². The maximum atomic E-state index is 13.1. The highest BCUT2D eigenvalue weighted by Gasteiger charge is 2.22. The molecular weight excluding hydrogens is 388 g/mol. The topological polar surface area (TPSA) is 74.3 Å². The standard InChI is InChI=1S/C25H34N4O2/c1-18-9-12-29(13-10-18)22-8-7-20(28-23(30)15-25(2,3)4)14-21(22)24(31)27-17-19-6-5-11-26-16-19/h5-8,11,14,16,18H,9-10,12-13,15,17H2,1-4H3,(H,27,31)(H,28,30). The van der Waals surface area contributed by atoms with Crippen LogP contribution in [0.4, 0.5) is 11.4 Å². The number of pyridine rings is 1. The summed E-state index contributed by atoms with van der Waals surface area (Å²) in [7, 11) is 0. The van der Waals surface area contributed by atoms with Crippen molar-refractivity contribution in [1.29, 1.82) is 0 Å². The molecular formula is C25H34N4O2. The lowest BCUT2D eigenvalue weighted by atomic mass is 9.92. The average molecular weight is 423 g/mol. The predicted molar refractivity (Wildman–Crippen MR) is 125 cm³/mol. The second-order valence-corrected chi connectivity index (χ2v) is 9.73. The Labute approximate surface area is 185 Å². The molecule has 0 atom stereocenters. The van der Waals surface area contributed by atoms with Gasteiger partial charge in [0, 0.05) is 49.8 Å². The van der Waals surface area contributed by atoms with E-state index in [9.17, 15) is 9.59 Å². The van der Waals surface area contributed by atoms with Crippen LogP contribution in [0.5, 0.6) is 0 Å². The van der Waals surface area contributed by atoms with Crippen LogP contribution in [0.2, 0.25) is 0 Å². The summed E-state index contributed by atoms with van der Waals surface area (Å²) < 4.78 is 0. The Bertz CT molecular complexity index is 897. The Morgan fingerprint density at radius 1 is 1.16 bits per heavy atom. The van der Waals surface area contributed by atoms with Gasteiger partial charge in [-0.15, -0.1) is 0 Å². The Balaban J connectivity index is 1.80. The molecule has 1 aromatic heterocycles. The molecule has 2 heterocycles. The highest BCUT2D eigenvalue weighted by Crippen LogP contribution is 2.29. The molecule has 0 bridgehead atoms. The molecule has 0 radical (unpaired) electrons. The van der Waals surface area contributed by atoms with E-state index >= 15 is 0 Å². The van der Waals surface area contributed by atoms with Gasteiger partial charge in [0.05, 0.1) is 5.56 Å². The third-order valence-corrected chi connectivity index (χ3v) is 5.52. The molecule has 1 aliphatic heterocycles. The minimum atomic E-state index is -0.149. The van der Waals surface area contributed by atoms with Gasteiger partial charge in [0.2, 0.25) is 5.91 Å². The number of anilines is 2. The number of hydrogen-bond acceptors (Lipinski definition) is 4. The van der Waals surface area contributed by atoms with Crippen molar-refractivity contribution in [2.24, 2.45) is 11.3 Å². The minimum Gasteiger partial charge on any atom is -0.371 e. The monoisotopic (exact) mass is 422 g/mol. The van der Waals surface area contributed by atoms with Crippen molar-refractivity contribution in [3.63, 3.8) is 0 Å². The van der Waals surface area contributed by atoms with Gasteiger partial charge >= 0.3 is 0 Å². The summed E-state index contributed by atoms with van der Waals surface area (Å²) in [6, 6.07) is 9.44. The molecule has 0 spiro atoms. The van der Waals surface area contributed by atoms with Gasteiger partial charge in [0.25, 0.3) is 5.91 Å². The molecule has 2 amide bonds. The Morgan fingerprint density at radius 3 is 2.55 bits per heavy atom. The van der Waals surface area contributed by atoms with Crippen molar-refractivity contribution in [2.75, 3.05) is 23.3 Å². The van der Waals surface area contributed by atoms with Crippen LogP contribution >= 0.6 is 0 Å². The molecule has 1 saturated heterocycles. The molecule has 2 aromatic rings. The smallest absolute Gasteiger partial charge is 0.253 e. The average Bonchev–Trinajstić information content (AvgIpc) is 2.72. The predicted octanol–water partition coefficient (Wildman–Crippen LogP) is 4.62. The van der Waals surface area contributed by atoms with Gasteiger partial charge in [-0.25, -0.2) is 0 Å². The fourth-order valence-corrected chi connectivity index (χ4v) is 3.79. The fraction of sp³-hybridized carbons (Fsp3) is 0.480.